The maximum Gasteiger partial charge on any atom is 0.142 e. The first kappa shape index (κ1) is 12.1. The number of halogens is 2. The van der Waals surface area contributed by atoms with Crippen LogP contribution < -0.4 is 0 Å². The van der Waals surface area contributed by atoms with E-state index in [2.05, 4.69) is 0 Å². The molecule has 0 aromatic heterocycles. The van der Waals surface area contributed by atoms with Crippen molar-refractivity contribution in [2.75, 3.05) is 0 Å². The van der Waals surface area contributed by atoms with E-state index in [1.807, 2.05) is 30.3 Å². The molecule has 0 aliphatic carbocycles. The fourth-order valence-corrected chi connectivity index (χ4v) is 1.91. The Kier molecular flexibility index (Phi) is 3.77. The first-order valence-corrected chi connectivity index (χ1v) is 5.72. The van der Waals surface area contributed by atoms with Crippen molar-refractivity contribution >= 4 is 11.6 Å². The van der Waals surface area contributed by atoms with Gasteiger partial charge in [0.25, 0.3) is 0 Å². The molecule has 1 unspecified atom stereocenters. The molecule has 17 heavy (non-hydrogen) atoms. The Balaban J connectivity index is 2.19. The van der Waals surface area contributed by atoms with E-state index in [0.29, 0.717) is 12.0 Å². The van der Waals surface area contributed by atoms with Crippen LogP contribution >= 0.6 is 11.6 Å². The molecule has 3 heteroatoms. The Hall–Kier alpha value is -1.38. The molecule has 0 aliphatic heterocycles. The van der Waals surface area contributed by atoms with E-state index in [9.17, 15) is 9.50 Å². The zero-order valence-electron chi connectivity index (χ0n) is 9.11. The predicted molar refractivity (Wildman–Crippen MR) is 66.5 cm³/mol. The van der Waals surface area contributed by atoms with Crippen LogP contribution in [0.5, 0.6) is 0 Å². The van der Waals surface area contributed by atoms with Crippen LogP contribution in [-0.4, -0.2) is 5.11 Å². The molecule has 2 aromatic carbocycles. The van der Waals surface area contributed by atoms with Crippen LogP contribution in [-0.2, 0) is 6.42 Å². The van der Waals surface area contributed by atoms with Crippen molar-refractivity contribution in [1.29, 1.82) is 0 Å². The lowest BCUT2D eigenvalue weighted by Crippen LogP contribution is -2.02. The van der Waals surface area contributed by atoms with Crippen LogP contribution in [0.2, 0.25) is 5.02 Å². The van der Waals surface area contributed by atoms with E-state index in [1.54, 1.807) is 12.1 Å². The van der Waals surface area contributed by atoms with E-state index in [1.165, 1.54) is 6.07 Å². The molecule has 2 rings (SSSR count). The minimum atomic E-state index is -0.671. The Morgan fingerprint density at radius 1 is 1.06 bits per heavy atom. The molecule has 0 amide bonds. The van der Waals surface area contributed by atoms with Crippen LogP contribution in [0.3, 0.4) is 0 Å². The fraction of sp³-hybridized carbons (Fsp3) is 0.143. The van der Waals surface area contributed by atoms with Gasteiger partial charge in [0.05, 0.1) is 11.1 Å². The monoisotopic (exact) mass is 250 g/mol. The number of aliphatic hydroxyl groups is 1. The molecule has 0 aliphatic rings. The summed E-state index contributed by atoms with van der Waals surface area (Å²) in [6.07, 6.45) is -0.365. The zero-order chi connectivity index (χ0) is 12.3. The lowest BCUT2D eigenvalue weighted by molar-refractivity contribution is 0.178. The van der Waals surface area contributed by atoms with Crippen molar-refractivity contribution in [1.82, 2.24) is 0 Å². The maximum atomic E-state index is 13.2. The van der Waals surface area contributed by atoms with Gasteiger partial charge in [0.15, 0.2) is 0 Å². The topological polar surface area (TPSA) is 20.2 Å². The van der Waals surface area contributed by atoms with Gasteiger partial charge in [-0.1, -0.05) is 54.1 Å². The van der Waals surface area contributed by atoms with Crippen LogP contribution in [0.25, 0.3) is 0 Å². The summed E-state index contributed by atoms with van der Waals surface area (Å²) in [6.45, 7) is 0. The van der Waals surface area contributed by atoms with E-state index >= 15 is 0 Å². The van der Waals surface area contributed by atoms with Gasteiger partial charge in [-0.2, -0.15) is 0 Å². The summed E-state index contributed by atoms with van der Waals surface area (Å²) in [7, 11) is 0. The minimum Gasteiger partial charge on any atom is -0.388 e. The molecular weight excluding hydrogens is 239 g/mol. The smallest absolute Gasteiger partial charge is 0.142 e. The van der Waals surface area contributed by atoms with E-state index < -0.39 is 11.9 Å². The van der Waals surface area contributed by atoms with Gasteiger partial charge < -0.3 is 5.11 Å². The summed E-state index contributed by atoms with van der Waals surface area (Å²) in [5.74, 6) is -0.454. The summed E-state index contributed by atoms with van der Waals surface area (Å²) in [5, 5.41) is 10.1. The zero-order valence-corrected chi connectivity index (χ0v) is 9.86. The van der Waals surface area contributed by atoms with Crippen molar-refractivity contribution in [3.8, 4) is 0 Å². The van der Waals surface area contributed by atoms with Crippen LogP contribution in [0.15, 0.2) is 48.5 Å². The second-order valence-electron chi connectivity index (χ2n) is 3.84. The van der Waals surface area contributed by atoms with Crippen LogP contribution in [0, 0.1) is 5.82 Å². The minimum absolute atomic E-state index is 0.0856. The number of benzene rings is 2. The molecule has 1 nitrogen and oxygen atoms in total. The van der Waals surface area contributed by atoms with Gasteiger partial charge in [0, 0.05) is 6.42 Å². The number of aliphatic hydroxyl groups excluding tert-OH is 1. The lowest BCUT2D eigenvalue weighted by atomic mass is 10.0. The van der Waals surface area contributed by atoms with Gasteiger partial charge in [-0.05, 0) is 17.2 Å². The fourth-order valence-electron chi connectivity index (χ4n) is 1.71. The Morgan fingerprint density at radius 2 is 1.76 bits per heavy atom. The Bertz CT molecular complexity index is 499. The van der Waals surface area contributed by atoms with Gasteiger partial charge in [-0.25, -0.2) is 4.39 Å². The van der Waals surface area contributed by atoms with Gasteiger partial charge in [-0.3, -0.25) is 0 Å². The third kappa shape index (κ3) is 2.84. The summed E-state index contributed by atoms with van der Waals surface area (Å²) in [5.41, 5.74) is 1.41. The lowest BCUT2D eigenvalue weighted by Gasteiger charge is -2.12. The molecule has 0 heterocycles. The van der Waals surface area contributed by atoms with Gasteiger partial charge >= 0.3 is 0 Å². The van der Waals surface area contributed by atoms with Crippen molar-refractivity contribution in [3.63, 3.8) is 0 Å². The molecule has 0 saturated carbocycles. The highest BCUT2D eigenvalue weighted by molar-refractivity contribution is 6.31. The van der Waals surface area contributed by atoms with Crippen molar-refractivity contribution in [2.24, 2.45) is 0 Å². The average Bonchev–Trinajstić information content (AvgIpc) is 2.36. The third-order valence-corrected chi connectivity index (χ3v) is 3.05. The first-order chi connectivity index (χ1) is 8.18. The third-order valence-electron chi connectivity index (χ3n) is 2.63. The van der Waals surface area contributed by atoms with Crippen molar-refractivity contribution in [2.45, 2.75) is 12.5 Å². The molecule has 88 valence electrons. The van der Waals surface area contributed by atoms with Gasteiger partial charge in [0.1, 0.15) is 5.82 Å². The molecule has 1 atom stereocenters. The molecule has 0 bridgehead atoms. The van der Waals surface area contributed by atoms with E-state index in [0.717, 1.165) is 5.56 Å². The molecule has 1 N–H and O–H groups in total. The standard InChI is InChI=1S/C14H12ClFO/c15-14-11(7-4-8-12(14)16)9-13(17)10-5-2-1-3-6-10/h1-8,13,17H,9H2. The second kappa shape index (κ2) is 5.30. The molecule has 0 saturated heterocycles. The Morgan fingerprint density at radius 3 is 2.47 bits per heavy atom. The second-order valence-corrected chi connectivity index (χ2v) is 4.22. The number of rotatable bonds is 3. The predicted octanol–water partition coefficient (Wildman–Crippen LogP) is 3.76. The first-order valence-electron chi connectivity index (χ1n) is 5.34. The summed E-state index contributed by atoms with van der Waals surface area (Å²) < 4.78 is 13.2. The highest BCUT2D eigenvalue weighted by atomic mass is 35.5. The highest BCUT2D eigenvalue weighted by Crippen LogP contribution is 2.25. The normalized spacial score (nSPS) is 12.4. The highest BCUT2D eigenvalue weighted by Gasteiger charge is 2.12. The number of hydrogen-bond acceptors (Lipinski definition) is 1. The summed E-state index contributed by atoms with van der Waals surface area (Å²) >= 11 is 5.84. The quantitative estimate of drug-likeness (QED) is 0.880. The average molecular weight is 251 g/mol. The molecule has 0 radical (unpaired) electrons. The van der Waals surface area contributed by atoms with Gasteiger partial charge in [0.2, 0.25) is 0 Å². The SMILES string of the molecule is OC(Cc1cccc(F)c1Cl)c1ccccc1. The molecule has 0 fully saturated rings. The molecular formula is C14H12ClFO. The Labute approximate surface area is 104 Å². The molecule has 2 aromatic rings. The molecule has 0 spiro atoms. The van der Waals surface area contributed by atoms with Crippen LogP contribution in [0.4, 0.5) is 4.39 Å². The van der Waals surface area contributed by atoms with Crippen LogP contribution in [0.1, 0.15) is 17.2 Å². The van der Waals surface area contributed by atoms with E-state index in [-0.39, 0.29) is 5.02 Å². The van der Waals surface area contributed by atoms with Crippen molar-refractivity contribution < 1.29 is 9.50 Å². The van der Waals surface area contributed by atoms with Gasteiger partial charge in [-0.15, -0.1) is 0 Å². The summed E-state index contributed by atoms with van der Waals surface area (Å²) in [6, 6.07) is 13.9. The largest absolute Gasteiger partial charge is 0.388 e. The van der Waals surface area contributed by atoms with Crippen molar-refractivity contribution in [3.05, 3.63) is 70.5 Å². The van der Waals surface area contributed by atoms with E-state index in [4.69, 9.17) is 11.6 Å². The maximum absolute atomic E-state index is 13.2. The number of hydrogen-bond donors (Lipinski definition) is 1. The summed E-state index contributed by atoms with van der Waals surface area (Å²) in [4.78, 5) is 0.